The van der Waals surface area contributed by atoms with Crippen LogP contribution in [-0.4, -0.2) is 19.5 Å². The molecule has 1 heterocycles. The Kier molecular flexibility index (Phi) is 6.31. The fourth-order valence-corrected chi connectivity index (χ4v) is 4.46. The summed E-state index contributed by atoms with van der Waals surface area (Å²) in [6.45, 7) is 8.64. The van der Waals surface area contributed by atoms with Crippen molar-refractivity contribution in [3.8, 4) is 0 Å². The topological polar surface area (TPSA) is 101 Å². The number of aromatic nitrogens is 1. The standard InChI is InChI=1S/C23H25N3O4S/c1-14-6-7-15(2)20(12-14)26-31(28,29)22-13-19(9-8-16(22)3)10-11-21-23(24-18(5)27)17(4)25-30-21/h6-13,26H,1-5H3,(H,24,27). The maximum Gasteiger partial charge on any atom is 0.262 e. The first kappa shape index (κ1) is 22.3. The van der Waals surface area contributed by atoms with Crippen molar-refractivity contribution in [3.63, 3.8) is 0 Å². The Bertz CT molecular complexity index is 1270. The number of anilines is 2. The SMILES string of the molecule is CC(=O)Nc1c(C)noc1C=Cc1ccc(C)c(S(=O)(=O)Nc2cc(C)ccc2C)c1. The van der Waals surface area contributed by atoms with Crippen LogP contribution in [0.2, 0.25) is 0 Å². The summed E-state index contributed by atoms with van der Waals surface area (Å²) in [5.41, 5.74) is 4.69. The van der Waals surface area contributed by atoms with Gasteiger partial charge in [-0.3, -0.25) is 9.52 Å². The van der Waals surface area contributed by atoms with Gasteiger partial charge in [0.1, 0.15) is 11.4 Å². The molecular weight excluding hydrogens is 414 g/mol. The van der Waals surface area contributed by atoms with E-state index in [1.54, 1.807) is 38.1 Å². The van der Waals surface area contributed by atoms with E-state index in [4.69, 9.17) is 4.52 Å². The van der Waals surface area contributed by atoms with E-state index in [2.05, 4.69) is 15.2 Å². The molecular formula is C23H25N3O4S. The fraction of sp³-hybridized carbons (Fsp3) is 0.217. The normalized spacial score (nSPS) is 11.6. The highest BCUT2D eigenvalue weighted by atomic mass is 32.2. The van der Waals surface area contributed by atoms with E-state index < -0.39 is 10.0 Å². The van der Waals surface area contributed by atoms with E-state index in [0.717, 1.165) is 11.1 Å². The maximum atomic E-state index is 13.1. The van der Waals surface area contributed by atoms with Crippen molar-refractivity contribution in [1.82, 2.24) is 5.16 Å². The Balaban J connectivity index is 1.93. The number of hydrogen-bond donors (Lipinski definition) is 2. The van der Waals surface area contributed by atoms with E-state index in [-0.39, 0.29) is 10.8 Å². The monoisotopic (exact) mass is 439 g/mol. The first-order valence-corrected chi connectivity index (χ1v) is 11.2. The van der Waals surface area contributed by atoms with Crippen LogP contribution in [0, 0.1) is 27.7 Å². The van der Waals surface area contributed by atoms with Gasteiger partial charge in [-0.1, -0.05) is 35.5 Å². The number of benzene rings is 2. The second-order valence-electron chi connectivity index (χ2n) is 7.47. The first-order chi connectivity index (χ1) is 14.6. The number of hydrogen-bond acceptors (Lipinski definition) is 5. The predicted molar refractivity (Wildman–Crippen MR) is 122 cm³/mol. The van der Waals surface area contributed by atoms with Crippen molar-refractivity contribution in [1.29, 1.82) is 0 Å². The summed E-state index contributed by atoms with van der Waals surface area (Å²) < 4.78 is 34.1. The lowest BCUT2D eigenvalue weighted by molar-refractivity contribution is -0.114. The van der Waals surface area contributed by atoms with Crippen molar-refractivity contribution in [2.75, 3.05) is 10.0 Å². The van der Waals surface area contributed by atoms with Crippen LogP contribution in [0.15, 0.2) is 45.8 Å². The highest BCUT2D eigenvalue weighted by Gasteiger charge is 2.18. The third kappa shape index (κ3) is 5.21. The second-order valence-corrected chi connectivity index (χ2v) is 9.12. The Morgan fingerprint density at radius 2 is 1.71 bits per heavy atom. The van der Waals surface area contributed by atoms with Gasteiger partial charge in [-0.25, -0.2) is 8.42 Å². The molecule has 0 saturated heterocycles. The van der Waals surface area contributed by atoms with E-state index in [9.17, 15) is 13.2 Å². The van der Waals surface area contributed by atoms with Gasteiger partial charge in [0.05, 0.1) is 10.6 Å². The zero-order valence-corrected chi connectivity index (χ0v) is 18.9. The molecule has 0 aliphatic carbocycles. The zero-order chi connectivity index (χ0) is 22.8. The van der Waals surface area contributed by atoms with Crippen molar-refractivity contribution in [2.45, 2.75) is 39.5 Å². The summed E-state index contributed by atoms with van der Waals surface area (Å²) in [6, 6.07) is 10.8. The molecule has 0 atom stereocenters. The molecule has 0 aliphatic heterocycles. The molecule has 0 unspecified atom stereocenters. The molecule has 8 heteroatoms. The lowest BCUT2D eigenvalue weighted by Gasteiger charge is -2.13. The van der Waals surface area contributed by atoms with Gasteiger partial charge in [0.2, 0.25) is 5.91 Å². The van der Waals surface area contributed by atoms with Crippen LogP contribution in [0.3, 0.4) is 0 Å². The van der Waals surface area contributed by atoms with Crippen molar-refractivity contribution >= 4 is 39.5 Å². The molecule has 7 nitrogen and oxygen atoms in total. The van der Waals surface area contributed by atoms with Gasteiger partial charge >= 0.3 is 0 Å². The Morgan fingerprint density at radius 1 is 1.00 bits per heavy atom. The number of amides is 1. The van der Waals surface area contributed by atoms with E-state index in [0.29, 0.717) is 34.0 Å². The molecule has 2 N–H and O–H groups in total. The van der Waals surface area contributed by atoms with Gasteiger partial charge in [0, 0.05) is 6.92 Å². The van der Waals surface area contributed by atoms with E-state index >= 15 is 0 Å². The quantitative estimate of drug-likeness (QED) is 0.572. The Hall–Kier alpha value is -3.39. The van der Waals surface area contributed by atoms with Gasteiger partial charge in [0.15, 0.2) is 5.76 Å². The van der Waals surface area contributed by atoms with Gasteiger partial charge < -0.3 is 9.84 Å². The minimum atomic E-state index is -3.79. The summed E-state index contributed by atoms with van der Waals surface area (Å²) in [6.07, 6.45) is 3.35. The Morgan fingerprint density at radius 3 is 2.42 bits per heavy atom. The molecule has 3 aromatic rings. The molecule has 0 spiro atoms. The summed E-state index contributed by atoms with van der Waals surface area (Å²) >= 11 is 0. The van der Waals surface area contributed by atoms with Crippen LogP contribution in [-0.2, 0) is 14.8 Å². The highest BCUT2D eigenvalue weighted by Crippen LogP contribution is 2.26. The fourth-order valence-electron chi connectivity index (χ4n) is 3.06. The number of carbonyl (C=O) groups excluding carboxylic acids is 1. The van der Waals surface area contributed by atoms with Crippen molar-refractivity contribution in [2.24, 2.45) is 0 Å². The molecule has 31 heavy (non-hydrogen) atoms. The minimum Gasteiger partial charge on any atom is -0.354 e. The highest BCUT2D eigenvalue weighted by molar-refractivity contribution is 7.92. The molecule has 0 radical (unpaired) electrons. The summed E-state index contributed by atoms with van der Waals surface area (Å²) in [5.74, 6) is 0.147. The van der Waals surface area contributed by atoms with Crippen LogP contribution < -0.4 is 10.0 Å². The van der Waals surface area contributed by atoms with Gasteiger partial charge in [-0.2, -0.15) is 0 Å². The average Bonchev–Trinajstić information content (AvgIpc) is 3.03. The molecule has 3 rings (SSSR count). The lowest BCUT2D eigenvalue weighted by atomic mass is 10.1. The summed E-state index contributed by atoms with van der Waals surface area (Å²) in [7, 11) is -3.79. The van der Waals surface area contributed by atoms with Gasteiger partial charge in [-0.15, -0.1) is 0 Å². The van der Waals surface area contributed by atoms with Crippen molar-refractivity contribution in [3.05, 3.63) is 70.1 Å². The lowest BCUT2D eigenvalue weighted by Crippen LogP contribution is -2.15. The molecule has 0 aliphatic rings. The molecule has 0 fully saturated rings. The van der Waals surface area contributed by atoms with E-state index in [1.165, 1.54) is 6.92 Å². The predicted octanol–water partition coefficient (Wildman–Crippen LogP) is 4.84. The summed E-state index contributed by atoms with van der Waals surface area (Å²) in [5, 5.41) is 6.56. The van der Waals surface area contributed by atoms with Crippen molar-refractivity contribution < 1.29 is 17.7 Å². The van der Waals surface area contributed by atoms with Crippen LogP contribution in [0.4, 0.5) is 11.4 Å². The second kappa shape index (κ2) is 8.77. The number of sulfonamides is 1. The van der Waals surface area contributed by atoms with Crippen LogP contribution in [0.5, 0.6) is 0 Å². The molecule has 0 bridgehead atoms. The number of nitrogens with one attached hydrogen (secondary N) is 2. The minimum absolute atomic E-state index is 0.186. The number of nitrogens with zero attached hydrogens (tertiary/aromatic N) is 1. The van der Waals surface area contributed by atoms with Crippen LogP contribution in [0.1, 0.15) is 40.6 Å². The third-order valence-electron chi connectivity index (χ3n) is 4.76. The maximum absolute atomic E-state index is 13.1. The van der Waals surface area contributed by atoms with Gasteiger partial charge in [0.25, 0.3) is 10.0 Å². The smallest absolute Gasteiger partial charge is 0.262 e. The zero-order valence-electron chi connectivity index (χ0n) is 18.1. The molecule has 1 amide bonds. The Labute approximate surface area is 182 Å². The van der Waals surface area contributed by atoms with Crippen LogP contribution >= 0.6 is 0 Å². The largest absolute Gasteiger partial charge is 0.354 e. The molecule has 2 aromatic carbocycles. The number of rotatable bonds is 6. The average molecular weight is 440 g/mol. The number of aryl methyl sites for hydroxylation is 4. The van der Waals surface area contributed by atoms with Gasteiger partial charge in [-0.05, 0) is 68.2 Å². The third-order valence-corrected chi connectivity index (χ3v) is 6.26. The van der Waals surface area contributed by atoms with Crippen LogP contribution in [0.25, 0.3) is 12.2 Å². The molecule has 1 aromatic heterocycles. The molecule has 0 saturated carbocycles. The summed E-state index contributed by atoms with van der Waals surface area (Å²) in [4.78, 5) is 11.6. The number of carbonyl (C=O) groups is 1. The first-order valence-electron chi connectivity index (χ1n) is 9.69. The van der Waals surface area contributed by atoms with E-state index in [1.807, 2.05) is 38.1 Å². The molecule has 162 valence electrons.